The zero-order valence-corrected chi connectivity index (χ0v) is 19.5. The lowest BCUT2D eigenvalue weighted by Crippen LogP contribution is -2.32. The second-order valence-electron chi connectivity index (χ2n) is 7.92. The van der Waals surface area contributed by atoms with Crippen LogP contribution in [0.25, 0.3) is 5.57 Å². The molecule has 1 aliphatic heterocycles. The van der Waals surface area contributed by atoms with Gasteiger partial charge in [0.1, 0.15) is 11.4 Å². The van der Waals surface area contributed by atoms with E-state index in [9.17, 15) is 9.59 Å². The zero-order valence-electron chi connectivity index (χ0n) is 19.5. The van der Waals surface area contributed by atoms with Crippen LogP contribution in [0.3, 0.4) is 0 Å². The van der Waals surface area contributed by atoms with E-state index in [1.807, 2.05) is 32.0 Å². The van der Waals surface area contributed by atoms with E-state index in [2.05, 4.69) is 5.32 Å². The Morgan fingerprint density at radius 2 is 1.47 bits per heavy atom. The molecule has 2 amide bonds. The third-order valence-corrected chi connectivity index (χ3v) is 5.27. The summed E-state index contributed by atoms with van der Waals surface area (Å²) in [6, 6.07) is 21.2. The number of amides is 2. The summed E-state index contributed by atoms with van der Waals surface area (Å²) in [5, 5.41) is 3.14. The van der Waals surface area contributed by atoms with Gasteiger partial charge in [0.2, 0.25) is 0 Å². The molecule has 7 nitrogen and oxygen atoms in total. The van der Waals surface area contributed by atoms with Gasteiger partial charge < -0.3 is 19.5 Å². The molecule has 34 heavy (non-hydrogen) atoms. The summed E-state index contributed by atoms with van der Waals surface area (Å²) in [6.45, 7) is 3.87. The van der Waals surface area contributed by atoms with Crippen molar-refractivity contribution < 1.29 is 23.8 Å². The predicted molar refractivity (Wildman–Crippen MR) is 131 cm³/mol. The van der Waals surface area contributed by atoms with Crippen LogP contribution in [0.4, 0.5) is 11.4 Å². The molecule has 0 aliphatic carbocycles. The van der Waals surface area contributed by atoms with E-state index >= 15 is 0 Å². The Morgan fingerprint density at radius 1 is 0.794 bits per heavy atom. The van der Waals surface area contributed by atoms with Crippen LogP contribution < -0.4 is 24.4 Å². The predicted octanol–water partition coefficient (Wildman–Crippen LogP) is 4.89. The van der Waals surface area contributed by atoms with Crippen LogP contribution in [0, 0.1) is 0 Å². The van der Waals surface area contributed by atoms with E-state index in [1.54, 1.807) is 61.7 Å². The number of hydrogen-bond donors (Lipinski definition) is 1. The number of methoxy groups -OCH3 is 2. The smallest absolute Gasteiger partial charge is 0.282 e. The number of ether oxygens (including phenoxy) is 3. The number of rotatable bonds is 8. The average Bonchev–Trinajstić information content (AvgIpc) is 3.08. The topological polar surface area (TPSA) is 77.1 Å². The minimum absolute atomic E-state index is 0.0181. The van der Waals surface area contributed by atoms with Crippen molar-refractivity contribution in [1.82, 2.24) is 0 Å². The van der Waals surface area contributed by atoms with Gasteiger partial charge in [-0.2, -0.15) is 0 Å². The third-order valence-electron chi connectivity index (χ3n) is 5.27. The van der Waals surface area contributed by atoms with Crippen molar-refractivity contribution in [3.8, 4) is 17.2 Å². The maximum atomic E-state index is 13.5. The molecular weight excluding hydrogens is 432 g/mol. The number of benzene rings is 3. The van der Waals surface area contributed by atoms with Crippen LogP contribution in [0.2, 0.25) is 0 Å². The maximum Gasteiger partial charge on any atom is 0.282 e. The van der Waals surface area contributed by atoms with Gasteiger partial charge in [0.05, 0.1) is 31.6 Å². The van der Waals surface area contributed by atoms with E-state index in [1.165, 1.54) is 12.0 Å². The number of imide groups is 1. The first-order valence-electron chi connectivity index (χ1n) is 10.9. The summed E-state index contributed by atoms with van der Waals surface area (Å²) in [7, 11) is 3.09. The van der Waals surface area contributed by atoms with Gasteiger partial charge in [0.15, 0.2) is 11.5 Å². The fraction of sp³-hybridized carbons (Fsp3) is 0.185. The molecule has 0 saturated carbocycles. The van der Waals surface area contributed by atoms with Crippen molar-refractivity contribution in [3.05, 3.63) is 84.1 Å². The van der Waals surface area contributed by atoms with Crippen molar-refractivity contribution in [1.29, 1.82) is 0 Å². The SMILES string of the molecule is COc1ccc(NC2=C(c3ccccc3)C(=O)N(c3ccc(OC(C)C)cc3)C2=O)cc1OC. The fourth-order valence-electron chi connectivity index (χ4n) is 3.76. The van der Waals surface area contributed by atoms with Crippen molar-refractivity contribution in [2.75, 3.05) is 24.4 Å². The lowest BCUT2D eigenvalue weighted by Gasteiger charge is -2.17. The van der Waals surface area contributed by atoms with Gasteiger partial charge in [-0.15, -0.1) is 0 Å². The molecule has 0 unspecified atom stereocenters. The standard InChI is InChI=1S/C27H26N2O5/c1-17(2)34-21-13-11-20(12-14-21)29-26(30)24(18-8-6-5-7-9-18)25(27(29)31)28-19-10-15-22(32-3)23(16-19)33-4/h5-17,28H,1-4H3. The molecule has 0 aromatic heterocycles. The Kier molecular flexibility index (Phi) is 6.54. The molecule has 3 aromatic rings. The van der Waals surface area contributed by atoms with E-state index < -0.39 is 11.8 Å². The molecule has 0 spiro atoms. The molecule has 7 heteroatoms. The highest BCUT2D eigenvalue weighted by molar-refractivity contribution is 6.46. The largest absolute Gasteiger partial charge is 0.493 e. The zero-order chi connectivity index (χ0) is 24.2. The quantitative estimate of drug-likeness (QED) is 0.485. The molecule has 3 aromatic carbocycles. The monoisotopic (exact) mass is 458 g/mol. The number of anilines is 2. The number of hydrogen-bond acceptors (Lipinski definition) is 6. The first-order chi connectivity index (χ1) is 16.4. The Bertz CT molecular complexity index is 1230. The van der Waals surface area contributed by atoms with Gasteiger partial charge in [-0.05, 0) is 55.8 Å². The summed E-state index contributed by atoms with van der Waals surface area (Å²) in [5.41, 5.74) is 2.17. The number of nitrogens with one attached hydrogen (secondary N) is 1. The Labute approximate surface area is 198 Å². The van der Waals surface area contributed by atoms with E-state index in [4.69, 9.17) is 14.2 Å². The van der Waals surface area contributed by atoms with E-state index in [0.29, 0.717) is 39.8 Å². The molecule has 0 radical (unpaired) electrons. The summed E-state index contributed by atoms with van der Waals surface area (Å²) >= 11 is 0. The lowest BCUT2D eigenvalue weighted by atomic mass is 10.0. The molecule has 0 fully saturated rings. The second-order valence-corrected chi connectivity index (χ2v) is 7.92. The maximum absolute atomic E-state index is 13.5. The molecule has 0 bridgehead atoms. The Balaban J connectivity index is 1.73. The summed E-state index contributed by atoms with van der Waals surface area (Å²) in [4.78, 5) is 28.2. The van der Waals surface area contributed by atoms with Gasteiger partial charge in [-0.25, -0.2) is 4.90 Å². The first-order valence-corrected chi connectivity index (χ1v) is 10.9. The molecule has 1 N–H and O–H groups in total. The van der Waals surface area contributed by atoms with Crippen molar-refractivity contribution in [2.24, 2.45) is 0 Å². The summed E-state index contributed by atoms with van der Waals surface area (Å²) in [5.74, 6) is 0.874. The van der Waals surface area contributed by atoms with Crippen LogP contribution in [-0.4, -0.2) is 32.1 Å². The van der Waals surface area contributed by atoms with E-state index in [0.717, 1.165) is 0 Å². The normalized spacial score (nSPS) is 13.5. The molecular formula is C27H26N2O5. The highest BCUT2D eigenvalue weighted by Gasteiger charge is 2.40. The molecule has 0 atom stereocenters. The molecule has 0 saturated heterocycles. The summed E-state index contributed by atoms with van der Waals surface area (Å²) < 4.78 is 16.4. The Hall–Kier alpha value is -4.26. The van der Waals surface area contributed by atoms with Crippen molar-refractivity contribution in [3.63, 3.8) is 0 Å². The fourth-order valence-corrected chi connectivity index (χ4v) is 3.76. The lowest BCUT2D eigenvalue weighted by molar-refractivity contribution is -0.120. The van der Waals surface area contributed by atoms with Gasteiger partial charge in [0.25, 0.3) is 11.8 Å². The molecule has 1 heterocycles. The van der Waals surface area contributed by atoms with Crippen LogP contribution in [0.15, 0.2) is 78.5 Å². The van der Waals surface area contributed by atoms with E-state index in [-0.39, 0.29) is 11.8 Å². The van der Waals surface area contributed by atoms with Gasteiger partial charge in [-0.3, -0.25) is 9.59 Å². The van der Waals surface area contributed by atoms with Gasteiger partial charge >= 0.3 is 0 Å². The number of nitrogens with zero attached hydrogens (tertiary/aromatic N) is 1. The van der Waals surface area contributed by atoms with Gasteiger partial charge in [0, 0.05) is 11.8 Å². The first kappa shape index (κ1) is 22.9. The third kappa shape index (κ3) is 4.45. The second kappa shape index (κ2) is 9.70. The van der Waals surface area contributed by atoms with Crippen LogP contribution in [0.5, 0.6) is 17.2 Å². The average molecular weight is 459 g/mol. The number of carbonyl (C=O) groups excluding carboxylic acids is 2. The molecule has 174 valence electrons. The number of carbonyl (C=O) groups is 2. The molecule has 1 aliphatic rings. The Morgan fingerprint density at radius 3 is 2.09 bits per heavy atom. The minimum Gasteiger partial charge on any atom is -0.493 e. The van der Waals surface area contributed by atoms with Gasteiger partial charge in [-0.1, -0.05) is 30.3 Å². The van der Waals surface area contributed by atoms with Crippen molar-refractivity contribution >= 4 is 28.8 Å². The highest BCUT2D eigenvalue weighted by atomic mass is 16.5. The van der Waals surface area contributed by atoms with Crippen molar-refractivity contribution in [2.45, 2.75) is 20.0 Å². The van der Waals surface area contributed by atoms with Crippen LogP contribution in [-0.2, 0) is 9.59 Å². The van der Waals surface area contributed by atoms with Crippen LogP contribution in [0.1, 0.15) is 19.4 Å². The minimum atomic E-state index is -0.448. The van der Waals surface area contributed by atoms with Crippen LogP contribution >= 0.6 is 0 Å². The summed E-state index contributed by atoms with van der Waals surface area (Å²) in [6.07, 6.45) is 0.0181. The molecule has 4 rings (SSSR count). The highest BCUT2D eigenvalue weighted by Crippen LogP contribution is 2.36.